The molecule has 0 bridgehead atoms. The first-order valence-electron chi connectivity index (χ1n) is 17.3. The summed E-state index contributed by atoms with van der Waals surface area (Å²) in [5, 5.41) is 32.4. The molecule has 0 radical (unpaired) electrons. The van der Waals surface area contributed by atoms with Gasteiger partial charge in [-0.25, -0.2) is 0 Å². The molecular formula is C47H29N5. The lowest BCUT2D eigenvalue weighted by Crippen LogP contribution is -2.09. The van der Waals surface area contributed by atoms with Crippen molar-refractivity contribution in [3.8, 4) is 51.8 Å². The van der Waals surface area contributed by atoms with Gasteiger partial charge in [-0.3, -0.25) is 0 Å². The zero-order chi connectivity index (χ0) is 35.3. The Morgan fingerprint density at radius 1 is 0.692 bits per heavy atom. The predicted molar refractivity (Wildman–Crippen MR) is 207 cm³/mol. The van der Waals surface area contributed by atoms with Crippen molar-refractivity contribution < 1.29 is 0 Å². The van der Waals surface area contributed by atoms with Gasteiger partial charge in [0, 0.05) is 44.9 Å². The normalized spacial score (nSPS) is 15.7. The number of nitrogens with zero attached hydrogens (tertiary/aromatic N) is 5. The second kappa shape index (κ2) is 12.2. The second-order valence-electron chi connectivity index (χ2n) is 13.3. The van der Waals surface area contributed by atoms with Crippen LogP contribution in [0.5, 0.6) is 0 Å². The Hall–Kier alpha value is -7.31. The summed E-state index contributed by atoms with van der Waals surface area (Å²) in [6.07, 6.45) is 6.94. The summed E-state index contributed by atoms with van der Waals surface area (Å²) in [6.45, 7) is 2.12. The van der Waals surface area contributed by atoms with Gasteiger partial charge < -0.3 is 9.13 Å². The first-order chi connectivity index (χ1) is 25.6. The largest absolute Gasteiger partial charge is 0.310 e. The third kappa shape index (κ3) is 4.70. The summed E-state index contributed by atoms with van der Waals surface area (Å²) in [5.41, 5.74) is 18.9. The predicted octanol–water partition coefficient (Wildman–Crippen LogP) is 10.8. The van der Waals surface area contributed by atoms with Gasteiger partial charge in [0.1, 0.15) is 11.6 Å². The summed E-state index contributed by atoms with van der Waals surface area (Å²) in [6, 6.07) is 46.5. The van der Waals surface area contributed by atoms with Crippen LogP contribution in [0.3, 0.4) is 0 Å². The third-order valence-electron chi connectivity index (χ3n) is 10.5. The van der Waals surface area contributed by atoms with E-state index in [0.29, 0.717) is 17.6 Å². The molecule has 52 heavy (non-hydrogen) atoms. The molecule has 0 aliphatic heterocycles. The van der Waals surface area contributed by atoms with Crippen molar-refractivity contribution in [2.75, 3.05) is 0 Å². The van der Waals surface area contributed by atoms with Crippen molar-refractivity contribution in [2.45, 2.75) is 13.3 Å². The third-order valence-corrected chi connectivity index (χ3v) is 10.5. The molecule has 2 aliphatic rings. The quantitative estimate of drug-likeness (QED) is 0.176. The molecule has 2 aliphatic carbocycles. The highest BCUT2D eigenvalue weighted by Gasteiger charge is 2.26. The average Bonchev–Trinajstić information content (AvgIpc) is 3.64. The minimum Gasteiger partial charge on any atom is -0.310 e. The average molecular weight is 664 g/mol. The van der Waals surface area contributed by atoms with Crippen LogP contribution >= 0.6 is 0 Å². The molecule has 2 unspecified atom stereocenters. The maximum atomic E-state index is 10.3. The Morgan fingerprint density at radius 2 is 1.40 bits per heavy atom. The highest BCUT2D eigenvalue weighted by Crippen LogP contribution is 2.41. The van der Waals surface area contributed by atoms with Crippen molar-refractivity contribution >= 4 is 39.5 Å². The van der Waals surface area contributed by atoms with Crippen molar-refractivity contribution in [1.29, 1.82) is 15.8 Å². The maximum Gasteiger partial charge on any atom is 0.112 e. The molecule has 5 nitrogen and oxygen atoms in total. The van der Waals surface area contributed by atoms with Gasteiger partial charge in [0.2, 0.25) is 0 Å². The number of benzene rings is 5. The lowest BCUT2D eigenvalue weighted by molar-refractivity contribution is 0.527. The van der Waals surface area contributed by atoms with Crippen LogP contribution in [0.1, 0.15) is 35.0 Å². The van der Waals surface area contributed by atoms with Gasteiger partial charge >= 0.3 is 0 Å². The van der Waals surface area contributed by atoms with Gasteiger partial charge in [-0.1, -0.05) is 97.3 Å². The summed E-state index contributed by atoms with van der Waals surface area (Å²) < 4.78 is 4.46. The van der Waals surface area contributed by atoms with Crippen LogP contribution in [0.15, 0.2) is 133 Å². The molecule has 0 spiro atoms. The van der Waals surface area contributed by atoms with Crippen LogP contribution in [0.2, 0.25) is 0 Å². The Bertz CT molecular complexity index is 2900. The van der Waals surface area contributed by atoms with Gasteiger partial charge in [-0.2, -0.15) is 15.8 Å². The minimum atomic E-state index is -0.0725. The van der Waals surface area contributed by atoms with E-state index in [9.17, 15) is 15.8 Å². The molecule has 0 saturated carbocycles. The summed E-state index contributed by atoms with van der Waals surface area (Å²) in [7, 11) is 0. The van der Waals surface area contributed by atoms with E-state index in [0.717, 1.165) is 67.0 Å². The molecule has 0 fully saturated rings. The molecule has 0 amide bonds. The standard InChI is InChI=1S/C47H29N5/c1-30-17-24-45-41(26-35(30)29-50)38-11-3-5-13-42(38)51(45)36-22-20-31(21-23-36)32-18-19-33(27-48)40(25-32)37-10-2-6-14-43(37)52-44-15-7-4-12-39(44)47-34(28-49)9-8-16-46(47)52/h2-7,10-25,30,35H,26H2,1H3. The SMILES string of the molecule is CC1C=Cc2c(c3ccccc3n2-c2ccc(-c3ccc(C#N)c(-c4ccccc4-n4c5c(c6ccccc64)C(C#N)=C=C=C5)c3)cc2)CC1C#N. The number of para-hydroxylation sites is 3. The van der Waals surface area contributed by atoms with Gasteiger partial charge in [0.25, 0.3) is 0 Å². The van der Waals surface area contributed by atoms with E-state index in [1.165, 1.54) is 10.9 Å². The van der Waals surface area contributed by atoms with Crippen molar-refractivity contribution in [1.82, 2.24) is 9.13 Å². The van der Waals surface area contributed by atoms with E-state index in [1.54, 1.807) is 0 Å². The molecule has 2 atom stereocenters. The Kier molecular flexibility index (Phi) is 7.23. The molecule has 2 aromatic heterocycles. The van der Waals surface area contributed by atoms with E-state index in [4.69, 9.17) is 0 Å². The fraction of sp³-hybridized carbons (Fsp3) is 0.0851. The first-order valence-corrected chi connectivity index (χ1v) is 17.3. The zero-order valence-corrected chi connectivity index (χ0v) is 28.3. The number of allylic oxidation sites excluding steroid dienone is 2. The lowest BCUT2D eigenvalue weighted by Gasteiger charge is -2.17. The molecule has 9 rings (SSSR count). The van der Waals surface area contributed by atoms with Crippen molar-refractivity contribution in [3.63, 3.8) is 0 Å². The molecular weight excluding hydrogens is 635 g/mol. The van der Waals surface area contributed by atoms with E-state index < -0.39 is 0 Å². The Balaban J connectivity index is 1.16. The number of nitriles is 3. The van der Waals surface area contributed by atoms with Crippen molar-refractivity contribution in [2.24, 2.45) is 11.8 Å². The number of rotatable bonds is 4. The van der Waals surface area contributed by atoms with E-state index in [1.807, 2.05) is 48.5 Å². The summed E-state index contributed by atoms with van der Waals surface area (Å²) in [4.78, 5) is 0. The number of fused-ring (bicyclic) bond motifs is 6. The monoisotopic (exact) mass is 663 g/mol. The Morgan fingerprint density at radius 3 is 2.17 bits per heavy atom. The molecule has 7 aromatic rings. The highest BCUT2D eigenvalue weighted by atomic mass is 15.0. The van der Waals surface area contributed by atoms with Gasteiger partial charge in [-0.15, -0.1) is 0 Å². The topological polar surface area (TPSA) is 81.2 Å². The van der Waals surface area contributed by atoms with Gasteiger partial charge in [-0.05, 0) is 77.6 Å². The smallest absolute Gasteiger partial charge is 0.112 e. The first kappa shape index (κ1) is 30.7. The van der Waals surface area contributed by atoms with Crippen LogP contribution in [0.4, 0.5) is 0 Å². The highest BCUT2D eigenvalue weighted by molar-refractivity contribution is 6.03. The molecule has 242 valence electrons. The van der Waals surface area contributed by atoms with Crippen LogP contribution in [-0.2, 0) is 6.42 Å². The summed E-state index contributed by atoms with van der Waals surface area (Å²) >= 11 is 0. The van der Waals surface area contributed by atoms with E-state index in [2.05, 4.69) is 131 Å². The molecule has 2 heterocycles. The molecule has 0 N–H and O–H groups in total. The van der Waals surface area contributed by atoms with E-state index >= 15 is 0 Å². The molecule has 5 heteroatoms. The maximum absolute atomic E-state index is 10.3. The zero-order valence-electron chi connectivity index (χ0n) is 28.3. The fourth-order valence-corrected chi connectivity index (χ4v) is 7.93. The number of aromatic nitrogens is 2. The van der Waals surface area contributed by atoms with Crippen LogP contribution in [0, 0.1) is 45.8 Å². The number of hydrogen-bond donors (Lipinski definition) is 0. The second-order valence-corrected chi connectivity index (χ2v) is 13.3. The Labute approximate surface area is 301 Å². The van der Waals surface area contributed by atoms with Crippen molar-refractivity contribution in [3.05, 3.63) is 161 Å². The van der Waals surface area contributed by atoms with Gasteiger partial charge in [0.15, 0.2) is 0 Å². The van der Waals surface area contributed by atoms with Crippen LogP contribution < -0.4 is 0 Å². The fourth-order valence-electron chi connectivity index (χ4n) is 7.93. The lowest BCUT2D eigenvalue weighted by atomic mass is 9.90. The van der Waals surface area contributed by atoms with Gasteiger partial charge in [0.05, 0.1) is 46.0 Å². The molecule has 0 saturated heterocycles. The molecule has 5 aromatic carbocycles. The van der Waals surface area contributed by atoms with Crippen LogP contribution in [-0.4, -0.2) is 9.13 Å². The van der Waals surface area contributed by atoms with Crippen LogP contribution in [0.25, 0.3) is 73.2 Å². The summed E-state index contributed by atoms with van der Waals surface area (Å²) in [5.74, 6) is 0.0983. The minimum absolute atomic E-state index is 0.0725. The number of hydrogen-bond acceptors (Lipinski definition) is 3. The van der Waals surface area contributed by atoms with E-state index in [-0.39, 0.29) is 11.8 Å².